The van der Waals surface area contributed by atoms with Crippen LogP contribution >= 0.6 is 0 Å². The highest BCUT2D eigenvalue weighted by Gasteiger charge is 2.75. The normalized spacial score (nSPS) is 34.3. The Balaban J connectivity index is 1.61. The number of aliphatic hydroxyl groups is 1. The van der Waals surface area contributed by atoms with E-state index in [1.165, 1.54) is 13.2 Å². The molecule has 7 nitrogen and oxygen atoms in total. The molecule has 3 bridgehead atoms. The number of hydrogen-bond acceptors (Lipinski definition) is 7. The van der Waals surface area contributed by atoms with E-state index in [-0.39, 0.29) is 24.0 Å². The van der Waals surface area contributed by atoms with Crippen LogP contribution in [0.15, 0.2) is 51.7 Å². The summed E-state index contributed by atoms with van der Waals surface area (Å²) < 4.78 is 31.1. The summed E-state index contributed by atoms with van der Waals surface area (Å²) in [5.74, 6) is -0.271. The quantitative estimate of drug-likeness (QED) is 0.584. The molecule has 5 atom stereocenters. The molecule has 3 fully saturated rings. The lowest BCUT2D eigenvalue weighted by molar-refractivity contribution is -0.348. The van der Waals surface area contributed by atoms with Crippen LogP contribution in [0.4, 0.5) is 0 Å². The fourth-order valence-electron chi connectivity index (χ4n) is 5.74. The van der Waals surface area contributed by atoms with Gasteiger partial charge in [-0.25, -0.2) is 4.79 Å². The molecule has 5 rings (SSSR count). The second kappa shape index (κ2) is 8.01. The molecule has 190 valence electrons. The van der Waals surface area contributed by atoms with Crippen LogP contribution in [0.2, 0.25) is 18.1 Å². The first-order valence-corrected chi connectivity index (χ1v) is 15.2. The lowest BCUT2D eigenvalue weighted by Gasteiger charge is -2.55. The average molecular weight is 501 g/mol. The molecule has 1 aromatic carbocycles. The number of fused-ring (bicyclic) bond motifs is 2. The molecule has 35 heavy (non-hydrogen) atoms. The Morgan fingerprint density at radius 1 is 1.17 bits per heavy atom. The summed E-state index contributed by atoms with van der Waals surface area (Å²) in [4.78, 5) is 12.2. The van der Waals surface area contributed by atoms with Crippen LogP contribution < -0.4 is 10.4 Å². The molecule has 1 aromatic heterocycles. The van der Waals surface area contributed by atoms with Crippen molar-refractivity contribution in [3.05, 3.63) is 64.2 Å². The minimum Gasteiger partial charge on any atom is -0.496 e. The largest absolute Gasteiger partial charge is 0.496 e. The minimum atomic E-state index is -2.23. The van der Waals surface area contributed by atoms with Crippen molar-refractivity contribution in [2.24, 2.45) is 0 Å². The zero-order valence-electron chi connectivity index (χ0n) is 21.4. The zero-order valence-corrected chi connectivity index (χ0v) is 22.4. The van der Waals surface area contributed by atoms with Crippen molar-refractivity contribution >= 4 is 8.32 Å². The number of hydrogen-bond donors (Lipinski definition) is 1. The van der Waals surface area contributed by atoms with E-state index < -0.39 is 37.0 Å². The van der Waals surface area contributed by atoms with Gasteiger partial charge in [-0.1, -0.05) is 51.1 Å². The second-order valence-electron chi connectivity index (χ2n) is 11.8. The SMILES string of the molecule is COc1cc(CC23CC4CC(O[Si](C)(C)C(C)(C)C)C2(O)CC(c2ccccc2)(O4)O3)oc(=O)c1. The van der Waals surface area contributed by atoms with Gasteiger partial charge in [0.15, 0.2) is 14.1 Å². The summed E-state index contributed by atoms with van der Waals surface area (Å²) in [5, 5.41) is 12.5. The van der Waals surface area contributed by atoms with Crippen molar-refractivity contribution in [3.8, 4) is 5.75 Å². The number of ether oxygens (including phenoxy) is 3. The third-order valence-corrected chi connectivity index (χ3v) is 13.0. The van der Waals surface area contributed by atoms with Gasteiger partial charge in [0.2, 0.25) is 0 Å². The first-order valence-electron chi connectivity index (χ1n) is 12.3. The van der Waals surface area contributed by atoms with E-state index in [4.69, 9.17) is 23.1 Å². The third kappa shape index (κ3) is 3.90. The summed E-state index contributed by atoms with van der Waals surface area (Å²) in [7, 11) is -0.717. The molecule has 0 spiro atoms. The Labute approximate surface area is 207 Å². The molecule has 5 unspecified atom stereocenters. The van der Waals surface area contributed by atoms with E-state index in [2.05, 4.69) is 33.9 Å². The maximum atomic E-state index is 12.6. The predicted molar refractivity (Wildman–Crippen MR) is 133 cm³/mol. The molecule has 3 heterocycles. The summed E-state index contributed by atoms with van der Waals surface area (Å²) in [6.07, 6.45) is 0.892. The van der Waals surface area contributed by atoms with E-state index in [9.17, 15) is 9.90 Å². The van der Waals surface area contributed by atoms with Gasteiger partial charge < -0.3 is 28.2 Å². The average Bonchev–Trinajstić information content (AvgIpc) is 2.89. The Hall–Kier alpha value is -1.97. The molecule has 1 saturated carbocycles. The molecule has 1 N–H and O–H groups in total. The van der Waals surface area contributed by atoms with Gasteiger partial charge in [-0.3, -0.25) is 0 Å². The molecule has 0 amide bonds. The van der Waals surface area contributed by atoms with E-state index in [1.807, 2.05) is 30.3 Å². The van der Waals surface area contributed by atoms with Gasteiger partial charge >= 0.3 is 5.63 Å². The lowest BCUT2D eigenvalue weighted by atomic mass is 9.67. The van der Waals surface area contributed by atoms with Crippen LogP contribution in [-0.4, -0.2) is 43.9 Å². The molecule has 2 saturated heterocycles. The van der Waals surface area contributed by atoms with Crippen molar-refractivity contribution in [2.75, 3.05) is 7.11 Å². The first kappa shape index (κ1) is 24.7. The molecular weight excluding hydrogens is 464 g/mol. The van der Waals surface area contributed by atoms with E-state index in [0.717, 1.165) is 5.56 Å². The monoisotopic (exact) mass is 500 g/mol. The number of methoxy groups -OCH3 is 1. The van der Waals surface area contributed by atoms with Crippen molar-refractivity contribution in [1.82, 2.24) is 0 Å². The van der Waals surface area contributed by atoms with Gasteiger partial charge in [0, 0.05) is 37.3 Å². The van der Waals surface area contributed by atoms with E-state index in [0.29, 0.717) is 24.4 Å². The topological polar surface area (TPSA) is 87.4 Å². The van der Waals surface area contributed by atoms with Crippen molar-refractivity contribution < 1.29 is 28.2 Å². The minimum absolute atomic E-state index is 0.0244. The maximum absolute atomic E-state index is 12.6. The predicted octanol–water partition coefficient (Wildman–Crippen LogP) is 4.52. The molecule has 0 radical (unpaired) electrons. The summed E-state index contributed by atoms with van der Waals surface area (Å²) in [6.45, 7) is 11.0. The third-order valence-electron chi connectivity index (χ3n) is 8.52. The Morgan fingerprint density at radius 2 is 1.89 bits per heavy atom. The molecule has 2 aliphatic heterocycles. The van der Waals surface area contributed by atoms with Crippen molar-refractivity contribution in [2.45, 2.75) is 93.8 Å². The fourth-order valence-corrected chi connectivity index (χ4v) is 7.10. The Kier molecular flexibility index (Phi) is 5.66. The number of benzene rings is 1. The van der Waals surface area contributed by atoms with Gasteiger partial charge in [-0.15, -0.1) is 0 Å². The Bertz CT molecular complexity index is 1160. The smallest absolute Gasteiger partial charge is 0.339 e. The second-order valence-corrected chi connectivity index (χ2v) is 16.6. The van der Waals surface area contributed by atoms with Crippen LogP contribution in [0.25, 0.3) is 0 Å². The highest BCUT2D eigenvalue weighted by molar-refractivity contribution is 6.74. The maximum Gasteiger partial charge on any atom is 0.339 e. The van der Waals surface area contributed by atoms with Crippen LogP contribution in [0.5, 0.6) is 5.75 Å². The van der Waals surface area contributed by atoms with Crippen LogP contribution in [0.3, 0.4) is 0 Å². The summed E-state index contributed by atoms with van der Waals surface area (Å²) in [5.41, 5.74) is -2.02. The van der Waals surface area contributed by atoms with Crippen LogP contribution in [0.1, 0.15) is 51.4 Å². The number of rotatable bonds is 6. The summed E-state index contributed by atoms with van der Waals surface area (Å²) in [6, 6.07) is 12.8. The van der Waals surface area contributed by atoms with E-state index in [1.54, 1.807) is 6.07 Å². The first-order chi connectivity index (χ1) is 16.3. The van der Waals surface area contributed by atoms with Crippen molar-refractivity contribution in [1.29, 1.82) is 0 Å². The van der Waals surface area contributed by atoms with Crippen LogP contribution in [-0.2, 0) is 26.1 Å². The summed E-state index contributed by atoms with van der Waals surface area (Å²) >= 11 is 0. The molecule has 8 heteroatoms. The van der Waals surface area contributed by atoms with Gasteiger partial charge in [-0.05, 0) is 18.1 Å². The molecular formula is C27H36O7Si. The van der Waals surface area contributed by atoms with Gasteiger partial charge in [0.25, 0.3) is 0 Å². The highest BCUT2D eigenvalue weighted by Crippen LogP contribution is 2.64. The molecule has 1 aliphatic carbocycles. The highest BCUT2D eigenvalue weighted by atomic mass is 28.4. The molecule has 2 aromatic rings. The Morgan fingerprint density at radius 3 is 2.54 bits per heavy atom. The standard InChI is InChI=1S/C27H36O7Si/c1-24(2,3)35(5,6)33-22-13-21-16-25(15-20-12-19(30-4)14-23(28)31-20)26(22,29)17-27(32-21,34-25)18-10-8-7-9-11-18/h7-12,14,21-22,29H,13,15-17H2,1-6H3. The van der Waals surface area contributed by atoms with Gasteiger partial charge in [-0.2, -0.15) is 0 Å². The van der Waals surface area contributed by atoms with Gasteiger partial charge in [0.05, 0.1) is 25.4 Å². The molecule has 3 aliphatic rings. The zero-order chi connectivity index (χ0) is 25.3. The van der Waals surface area contributed by atoms with Crippen molar-refractivity contribution in [3.63, 3.8) is 0 Å². The van der Waals surface area contributed by atoms with Gasteiger partial charge in [0.1, 0.15) is 22.7 Å². The fraction of sp³-hybridized carbons (Fsp3) is 0.593. The van der Waals surface area contributed by atoms with Crippen LogP contribution in [0, 0.1) is 0 Å². The lowest BCUT2D eigenvalue weighted by Crippen LogP contribution is -2.67. The van der Waals surface area contributed by atoms with E-state index >= 15 is 0 Å².